The Morgan fingerprint density at radius 2 is 2.00 bits per heavy atom. The zero-order chi connectivity index (χ0) is 15.2. The Bertz CT molecular complexity index is 616. The molecular weight excluding hydrogens is 334 g/mol. The molecule has 0 bridgehead atoms. The SMILES string of the molecule is COC(=O)C[NH2+][C@@H](c1ccccc1)c1cc(Br)ccc1O. The number of ether oxygens (including phenoxy) is 1. The fourth-order valence-corrected chi connectivity index (χ4v) is 2.55. The van der Waals surface area contributed by atoms with Gasteiger partial charge in [0.15, 0.2) is 6.54 Å². The van der Waals surface area contributed by atoms with Crippen LogP contribution in [-0.2, 0) is 9.53 Å². The Morgan fingerprint density at radius 3 is 2.67 bits per heavy atom. The Kier molecular flexibility index (Phi) is 5.36. The van der Waals surface area contributed by atoms with Gasteiger partial charge in [0.05, 0.1) is 12.7 Å². The first kappa shape index (κ1) is 15.5. The topological polar surface area (TPSA) is 63.1 Å². The van der Waals surface area contributed by atoms with E-state index in [-0.39, 0.29) is 24.3 Å². The summed E-state index contributed by atoms with van der Waals surface area (Å²) in [4.78, 5) is 11.4. The third-order valence-corrected chi connectivity index (χ3v) is 3.72. The van der Waals surface area contributed by atoms with Gasteiger partial charge in [-0.1, -0.05) is 46.3 Å². The molecule has 2 aromatic carbocycles. The molecule has 0 radical (unpaired) electrons. The van der Waals surface area contributed by atoms with Crippen molar-refractivity contribution in [3.05, 3.63) is 64.1 Å². The number of benzene rings is 2. The number of hydrogen-bond acceptors (Lipinski definition) is 3. The van der Waals surface area contributed by atoms with Crippen LogP contribution >= 0.6 is 15.9 Å². The number of aromatic hydroxyl groups is 1. The third kappa shape index (κ3) is 4.06. The molecule has 21 heavy (non-hydrogen) atoms. The van der Waals surface area contributed by atoms with Crippen LogP contribution in [0.2, 0.25) is 0 Å². The molecule has 0 aliphatic carbocycles. The van der Waals surface area contributed by atoms with Gasteiger partial charge in [0.25, 0.3) is 0 Å². The molecule has 2 aromatic rings. The number of carbonyl (C=O) groups excluding carboxylic acids is 1. The van der Waals surface area contributed by atoms with E-state index in [1.54, 1.807) is 12.1 Å². The molecule has 5 heteroatoms. The number of quaternary nitrogens is 1. The normalized spacial score (nSPS) is 11.9. The van der Waals surface area contributed by atoms with Gasteiger partial charge < -0.3 is 15.2 Å². The number of nitrogens with two attached hydrogens (primary N) is 1. The van der Waals surface area contributed by atoms with E-state index in [1.165, 1.54) is 7.11 Å². The molecule has 0 saturated carbocycles. The van der Waals surface area contributed by atoms with Crippen molar-refractivity contribution in [1.29, 1.82) is 0 Å². The molecule has 0 saturated heterocycles. The van der Waals surface area contributed by atoms with Gasteiger partial charge >= 0.3 is 5.97 Å². The summed E-state index contributed by atoms with van der Waals surface area (Å²) in [5.74, 6) is -0.0985. The maximum atomic E-state index is 11.4. The molecule has 0 unspecified atom stereocenters. The summed E-state index contributed by atoms with van der Waals surface area (Å²) in [5, 5.41) is 12.0. The number of methoxy groups -OCH3 is 1. The van der Waals surface area contributed by atoms with Gasteiger partial charge in [-0.25, -0.2) is 4.79 Å². The standard InChI is InChI=1S/C16H16BrNO3/c1-21-15(20)10-18-16(11-5-3-2-4-6-11)13-9-12(17)7-8-14(13)19/h2-9,16,18-19H,10H2,1H3/p+1/t16-/m0/s1. The average molecular weight is 351 g/mol. The van der Waals surface area contributed by atoms with Crippen LogP contribution in [0, 0.1) is 0 Å². The predicted octanol–water partition coefficient (Wildman–Crippen LogP) is 1.98. The van der Waals surface area contributed by atoms with Crippen LogP contribution in [0.4, 0.5) is 0 Å². The molecular formula is C16H17BrNO3+. The number of hydrogen-bond donors (Lipinski definition) is 2. The van der Waals surface area contributed by atoms with Crippen LogP contribution < -0.4 is 5.32 Å². The third-order valence-electron chi connectivity index (χ3n) is 3.23. The van der Waals surface area contributed by atoms with Crippen LogP contribution in [0.25, 0.3) is 0 Å². The molecule has 0 fully saturated rings. The summed E-state index contributed by atoms with van der Waals surface area (Å²) in [6.45, 7) is 0.183. The summed E-state index contributed by atoms with van der Waals surface area (Å²) in [7, 11) is 1.37. The fraction of sp³-hybridized carbons (Fsp3) is 0.188. The monoisotopic (exact) mass is 350 g/mol. The van der Waals surface area contributed by atoms with E-state index in [1.807, 2.05) is 41.7 Å². The summed E-state index contributed by atoms with van der Waals surface area (Å²) < 4.78 is 5.56. The maximum absolute atomic E-state index is 11.4. The van der Waals surface area contributed by atoms with E-state index in [2.05, 4.69) is 20.7 Å². The summed E-state index contributed by atoms with van der Waals surface area (Å²) in [5.41, 5.74) is 1.76. The fourth-order valence-electron chi connectivity index (χ4n) is 2.17. The molecule has 0 heterocycles. The Hall–Kier alpha value is -1.85. The minimum absolute atomic E-state index is 0.178. The molecule has 3 N–H and O–H groups in total. The Balaban J connectivity index is 2.35. The van der Waals surface area contributed by atoms with E-state index < -0.39 is 0 Å². The van der Waals surface area contributed by atoms with Crippen LogP contribution in [0.3, 0.4) is 0 Å². The van der Waals surface area contributed by atoms with Crippen molar-refractivity contribution in [2.75, 3.05) is 13.7 Å². The second kappa shape index (κ2) is 7.24. The molecule has 0 amide bonds. The summed E-state index contributed by atoms with van der Waals surface area (Å²) in [6.07, 6.45) is 0. The lowest BCUT2D eigenvalue weighted by Gasteiger charge is -2.17. The number of phenols is 1. The van der Waals surface area contributed by atoms with E-state index in [0.717, 1.165) is 15.6 Å². The van der Waals surface area contributed by atoms with Crippen molar-refractivity contribution in [2.24, 2.45) is 0 Å². The van der Waals surface area contributed by atoms with E-state index in [4.69, 9.17) is 0 Å². The number of halogens is 1. The van der Waals surface area contributed by atoms with Crippen LogP contribution in [-0.4, -0.2) is 24.7 Å². The minimum Gasteiger partial charge on any atom is -0.507 e. The maximum Gasteiger partial charge on any atom is 0.361 e. The molecule has 4 nitrogen and oxygen atoms in total. The minimum atomic E-state index is -0.301. The largest absolute Gasteiger partial charge is 0.507 e. The first-order chi connectivity index (χ1) is 10.1. The molecule has 1 atom stereocenters. The Morgan fingerprint density at radius 1 is 1.29 bits per heavy atom. The quantitative estimate of drug-likeness (QED) is 0.810. The highest BCUT2D eigenvalue weighted by molar-refractivity contribution is 9.10. The second-order valence-corrected chi connectivity index (χ2v) is 5.52. The highest BCUT2D eigenvalue weighted by Gasteiger charge is 2.22. The lowest BCUT2D eigenvalue weighted by Crippen LogP contribution is -2.87. The molecule has 0 aliphatic heterocycles. The average Bonchev–Trinajstić information content (AvgIpc) is 2.51. The lowest BCUT2D eigenvalue weighted by molar-refractivity contribution is -0.678. The summed E-state index contributed by atoms with van der Waals surface area (Å²) in [6, 6.07) is 14.8. The number of phenolic OH excluding ortho intramolecular Hbond substituents is 1. The van der Waals surface area contributed by atoms with E-state index in [9.17, 15) is 9.90 Å². The molecule has 2 rings (SSSR count). The van der Waals surface area contributed by atoms with Crippen LogP contribution in [0.15, 0.2) is 53.0 Å². The van der Waals surface area contributed by atoms with Gasteiger partial charge in [0.2, 0.25) is 0 Å². The molecule has 0 aromatic heterocycles. The summed E-state index contributed by atoms with van der Waals surface area (Å²) >= 11 is 3.41. The van der Waals surface area contributed by atoms with Gasteiger partial charge in [-0.05, 0) is 18.2 Å². The highest BCUT2D eigenvalue weighted by Crippen LogP contribution is 2.29. The zero-order valence-corrected chi connectivity index (χ0v) is 13.2. The van der Waals surface area contributed by atoms with Gasteiger partial charge in [0.1, 0.15) is 11.8 Å². The van der Waals surface area contributed by atoms with Crippen molar-refractivity contribution in [3.8, 4) is 5.75 Å². The van der Waals surface area contributed by atoms with Gasteiger partial charge in [0, 0.05) is 10.0 Å². The number of carbonyl (C=O) groups is 1. The van der Waals surface area contributed by atoms with Gasteiger partial charge in [-0.3, -0.25) is 0 Å². The molecule has 0 aliphatic rings. The van der Waals surface area contributed by atoms with Crippen molar-refractivity contribution in [2.45, 2.75) is 6.04 Å². The smallest absolute Gasteiger partial charge is 0.361 e. The van der Waals surface area contributed by atoms with Crippen molar-refractivity contribution < 1.29 is 20.0 Å². The van der Waals surface area contributed by atoms with Crippen molar-refractivity contribution >= 4 is 21.9 Å². The van der Waals surface area contributed by atoms with Crippen LogP contribution in [0.5, 0.6) is 5.75 Å². The van der Waals surface area contributed by atoms with Gasteiger partial charge in [-0.2, -0.15) is 0 Å². The van der Waals surface area contributed by atoms with E-state index in [0.29, 0.717) is 0 Å². The first-order valence-electron chi connectivity index (χ1n) is 6.55. The Labute approximate surface area is 131 Å². The van der Waals surface area contributed by atoms with E-state index >= 15 is 0 Å². The van der Waals surface area contributed by atoms with Crippen LogP contribution in [0.1, 0.15) is 17.2 Å². The van der Waals surface area contributed by atoms with Crippen molar-refractivity contribution in [3.63, 3.8) is 0 Å². The van der Waals surface area contributed by atoms with Gasteiger partial charge in [-0.15, -0.1) is 0 Å². The second-order valence-electron chi connectivity index (χ2n) is 4.61. The lowest BCUT2D eigenvalue weighted by atomic mass is 9.98. The number of rotatable bonds is 5. The van der Waals surface area contributed by atoms with Crippen molar-refractivity contribution in [1.82, 2.24) is 0 Å². The molecule has 0 spiro atoms. The predicted molar refractivity (Wildman–Crippen MR) is 82.9 cm³/mol. The number of esters is 1. The zero-order valence-electron chi connectivity index (χ0n) is 11.6. The molecule has 110 valence electrons. The first-order valence-corrected chi connectivity index (χ1v) is 7.34. The highest BCUT2D eigenvalue weighted by atomic mass is 79.9.